The Bertz CT molecular complexity index is 854. The molecule has 0 aliphatic heterocycles. The Morgan fingerprint density at radius 3 is 2.42 bits per heavy atom. The predicted molar refractivity (Wildman–Crippen MR) is 107 cm³/mol. The van der Waals surface area contributed by atoms with Gasteiger partial charge >= 0.3 is 0 Å². The van der Waals surface area contributed by atoms with Gasteiger partial charge in [-0.3, -0.25) is 4.79 Å². The fourth-order valence-corrected chi connectivity index (χ4v) is 3.46. The van der Waals surface area contributed by atoms with Crippen molar-refractivity contribution < 1.29 is 9.53 Å². The smallest absolute Gasteiger partial charge is 0.216 e. The summed E-state index contributed by atoms with van der Waals surface area (Å²) in [5, 5.41) is 5.89. The second-order valence-corrected chi connectivity index (χ2v) is 6.78. The molecule has 1 N–H and O–H groups in total. The van der Waals surface area contributed by atoms with Crippen LogP contribution in [-0.2, 0) is 11.2 Å². The summed E-state index contributed by atoms with van der Waals surface area (Å²) in [5.74, 6) is 0.883. The van der Waals surface area contributed by atoms with Gasteiger partial charge in [0, 0.05) is 30.0 Å². The maximum Gasteiger partial charge on any atom is 0.216 e. The van der Waals surface area contributed by atoms with E-state index in [1.807, 2.05) is 31.2 Å². The van der Waals surface area contributed by atoms with Crippen LogP contribution in [0.3, 0.4) is 0 Å². The zero-order valence-electron chi connectivity index (χ0n) is 15.0. The monoisotopic (exact) mass is 366 g/mol. The maximum atomic E-state index is 10.9. The van der Waals surface area contributed by atoms with Crippen LogP contribution in [0.1, 0.15) is 19.4 Å². The molecule has 1 amide bonds. The molecular formula is C21H22N2O2S. The van der Waals surface area contributed by atoms with E-state index in [0.717, 1.165) is 34.0 Å². The van der Waals surface area contributed by atoms with Gasteiger partial charge in [-0.1, -0.05) is 24.3 Å². The average Bonchev–Trinajstić information content (AvgIpc) is 3.13. The van der Waals surface area contributed by atoms with Crippen molar-refractivity contribution in [1.82, 2.24) is 10.3 Å². The fourth-order valence-electron chi connectivity index (χ4n) is 2.62. The molecule has 0 spiro atoms. The molecule has 26 heavy (non-hydrogen) atoms. The lowest BCUT2D eigenvalue weighted by Crippen LogP contribution is -2.22. The van der Waals surface area contributed by atoms with Crippen molar-refractivity contribution in [2.24, 2.45) is 0 Å². The second-order valence-electron chi connectivity index (χ2n) is 5.93. The lowest BCUT2D eigenvalue weighted by molar-refractivity contribution is -0.118. The maximum absolute atomic E-state index is 10.9. The molecule has 0 atom stereocenters. The summed E-state index contributed by atoms with van der Waals surface area (Å²) in [6.07, 6.45) is 0.828. The average molecular weight is 366 g/mol. The predicted octanol–water partition coefficient (Wildman–Crippen LogP) is 4.55. The molecule has 0 unspecified atom stereocenters. The number of rotatable bonds is 7. The van der Waals surface area contributed by atoms with Gasteiger partial charge in [0.1, 0.15) is 10.8 Å². The van der Waals surface area contributed by atoms with E-state index in [4.69, 9.17) is 9.72 Å². The fraction of sp³-hybridized carbons (Fsp3) is 0.238. The van der Waals surface area contributed by atoms with Gasteiger partial charge in [0.15, 0.2) is 0 Å². The van der Waals surface area contributed by atoms with Gasteiger partial charge in [0.05, 0.1) is 12.3 Å². The van der Waals surface area contributed by atoms with Crippen LogP contribution in [0.5, 0.6) is 5.75 Å². The molecule has 0 aliphatic rings. The molecule has 0 fully saturated rings. The van der Waals surface area contributed by atoms with Crippen LogP contribution < -0.4 is 10.1 Å². The Labute approximate surface area is 157 Å². The van der Waals surface area contributed by atoms with E-state index < -0.39 is 0 Å². The highest BCUT2D eigenvalue weighted by Gasteiger charge is 2.07. The molecule has 4 nitrogen and oxygen atoms in total. The van der Waals surface area contributed by atoms with Gasteiger partial charge < -0.3 is 10.1 Å². The first-order valence-electron chi connectivity index (χ1n) is 8.68. The molecule has 0 bridgehead atoms. The quantitative estimate of drug-likeness (QED) is 0.667. The molecule has 3 rings (SSSR count). The molecule has 134 valence electrons. The normalized spacial score (nSPS) is 10.5. The molecule has 1 aromatic heterocycles. The number of aromatic nitrogens is 1. The number of hydrogen-bond donors (Lipinski definition) is 1. The second kappa shape index (κ2) is 8.63. The minimum absolute atomic E-state index is 0.00547. The van der Waals surface area contributed by atoms with E-state index in [1.54, 1.807) is 11.3 Å². The highest BCUT2D eigenvalue weighted by atomic mass is 32.1. The first-order valence-corrected chi connectivity index (χ1v) is 9.56. The molecule has 0 aliphatic carbocycles. The Hall–Kier alpha value is -2.66. The Morgan fingerprint density at radius 1 is 1.08 bits per heavy atom. The van der Waals surface area contributed by atoms with Crippen LogP contribution in [0.15, 0.2) is 53.9 Å². The van der Waals surface area contributed by atoms with Crippen molar-refractivity contribution in [2.45, 2.75) is 20.3 Å². The van der Waals surface area contributed by atoms with E-state index in [9.17, 15) is 4.79 Å². The summed E-state index contributed by atoms with van der Waals surface area (Å²) in [4.78, 5) is 15.7. The van der Waals surface area contributed by atoms with Crippen molar-refractivity contribution in [3.63, 3.8) is 0 Å². The highest BCUT2D eigenvalue weighted by Crippen LogP contribution is 2.30. The van der Waals surface area contributed by atoms with Crippen molar-refractivity contribution >= 4 is 17.2 Å². The molecule has 3 aromatic rings. The molecule has 0 radical (unpaired) electrons. The molecule has 0 saturated carbocycles. The number of ether oxygens (including phenoxy) is 1. The third-order valence-electron chi connectivity index (χ3n) is 3.95. The standard InChI is InChI=1S/C21H22N2O2S/c1-3-25-19-10-8-18(9-11-19)21-23-20(14-26-21)17-6-4-16(5-7-17)12-13-22-15(2)24/h4-11,14H,3,12-13H2,1-2H3,(H,22,24). The zero-order chi connectivity index (χ0) is 18.4. The number of nitrogens with one attached hydrogen (secondary N) is 1. The number of amides is 1. The molecule has 0 saturated heterocycles. The van der Waals surface area contributed by atoms with E-state index >= 15 is 0 Å². The van der Waals surface area contributed by atoms with Gasteiger partial charge in [-0.15, -0.1) is 11.3 Å². The van der Waals surface area contributed by atoms with Crippen LogP contribution in [0.25, 0.3) is 21.8 Å². The zero-order valence-corrected chi connectivity index (χ0v) is 15.8. The van der Waals surface area contributed by atoms with Gasteiger partial charge in [0.2, 0.25) is 5.91 Å². The first kappa shape index (κ1) is 18.1. The lowest BCUT2D eigenvalue weighted by atomic mass is 10.1. The van der Waals surface area contributed by atoms with Crippen molar-refractivity contribution in [3.8, 4) is 27.6 Å². The number of benzene rings is 2. The SMILES string of the molecule is CCOc1ccc(-c2nc(-c3ccc(CCNC(C)=O)cc3)cs2)cc1. The molecular weight excluding hydrogens is 344 g/mol. The first-order chi connectivity index (χ1) is 12.7. The third-order valence-corrected chi connectivity index (χ3v) is 4.85. The van der Waals surface area contributed by atoms with Crippen molar-refractivity contribution in [2.75, 3.05) is 13.2 Å². The summed E-state index contributed by atoms with van der Waals surface area (Å²) in [7, 11) is 0. The van der Waals surface area contributed by atoms with E-state index in [2.05, 4.69) is 35.0 Å². The van der Waals surface area contributed by atoms with Crippen LogP contribution >= 0.6 is 11.3 Å². The van der Waals surface area contributed by atoms with Crippen LogP contribution in [0, 0.1) is 0 Å². The lowest BCUT2D eigenvalue weighted by Gasteiger charge is -2.04. The number of carbonyl (C=O) groups is 1. The minimum Gasteiger partial charge on any atom is -0.494 e. The summed E-state index contributed by atoms with van der Waals surface area (Å²) in [5.41, 5.74) is 4.37. The third kappa shape index (κ3) is 4.70. The highest BCUT2D eigenvalue weighted by molar-refractivity contribution is 7.13. The van der Waals surface area contributed by atoms with Crippen LogP contribution in [0.4, 0.5) is 0 Å². The van der Waals surface area contributed by atoms with Gasteiger partial charge in [-0.2, -0.15) is 0 Å². The summed E-state index contributed by atoms with van der Waals surface area (Å²) >= 11 is 1.64. The summed E-state index contributed by atoms with van der Waals surface area (Å²) in [6.45, 7) is 4.84. The molecule has 5 heteroatoms. The number of hydrogen-bond acceptors (Lipinski definition) is 4. The van der Waals surface area contributed by atoms with E-state index in [0.29, 0.717) is 13.2 Å². The summed E-state index contributed by atoms with van der Waals surface area (Å²) in [6, 6.07) is 16.4. The van der Waals surface area contributed by atoms with E-state index in [1.165, 1.54) is 12.5 Å². The van der Waals surface area contributed by atoms with E-state index in [-0.39, 0.29) is 5.91 Å². The van der Waals surface area contributed by atoms with Gasteiger partial charge in [-0.05, 0) is 43.2 Å². The van der Waals surface area contributed by atoms with Crippen molar-refractivity contribution in [3.05, 3.63) is 59.5 Å². The topological polar surface area (TPSA) is 51.2 Å². The number of nitrogens with zero attached hydrogens (tertiary/aromatic N) is 1. The molecule has 2 aromatic carbocycles. The Kier molecular flexibility index (Phi) is 6.02. The molecule has 1 heterocycles. The van der Waals surface area contributed by atoms with Crippen LogP contribution in [-0.4, -0.2) is 24.0 Å². The summed E-state index contributed by atoms with van der Waals surface area (Å²) < 4.78 is 5.48. The largest absolute Gasteiger partial charge is 0.494 e. The number of thiazole rings is 1. The van der Waals surface area contributed by atoms with Crippen LogP contribution in [0.2, 0.25) is 0 Å². The number of carbonyl (C=O) groups excluding carboxylic acids is 1. The van der Waals surface area contributed by atoms with Crippen molar-refractivity contribution in [1.29, 1.82) is 0 Å². The Morgan fingerprint density at radius 2 is 1.77 bits per heavy atom. The van der Waals surface area contributed by atoms with Gasteiger partial charge in [-0.25, -0.2) is 4.98 Å². The Balaban J connectivity index is 1.68. The minimum atomic E-state index is 0.00547. The van der Waals surface area contributed by atoms with Gasteiger partial charge in [0.25, 0.3) is 0 Å².